The molecule has 180 valence electrons. The van der Waals surface area contributed by atoms with Crippen molar-refractivity contribution in [3.63, 3.8) is 0 Å². The zero-order chi connectivity index (χ0) is 24.9. The summed E-state index contributed by atoms with van der Waals surface area (Å²) in [7, 11) is 0. The minimum absolute atomic E-state index is 0.0515. The van der Waals surface area contributed by atoms with Crippen molar-refractivity contribution in [2.24, 2.45) is 0 Å². The number of aliphatic hydroxyl groups is 1. The van der Waals surface area contributed by atoms with Gasteiger partial charge in [0.25, 0.3) is 5.91 Å². The highest BCUT2D eigenvalue weighted by atomic mass is 35.5. The molecule has 0 unspecified atom stereocenters. The fourth-order valence-electron chi connectivity index (χ4n) is 4.17. The molecular formula is C26H23ClN2O6. The maximum absolute atomic E-state index is 12.6. The standard InChI is InChI=1S/C26H23ClN2O6/c27-16-11-15(24(31)29-23(9-10-30)25(32)33)12-17(13-16)28-26(34)35-14-22-20-7-3-1-5-18(20)19-6-2-4-8-21(19)22/h1-8,11-13,22-23,30H,9-10,14H2,(H,28,34)(H,29,31)(H,32,33)/t23-/m1/s1. The number of aliphatic carboxylic acids is 1. The molecule has 1 aliphatic carbocycles. The lowest BCUT2D eigenvalue weighted by molar-refractivity contribution is -0.139. The van der Waals surface area contributed by atoms with E-state index in [1.165, 1.54) is 18.2 Å². The molecule has 4 N–H and O–H groups in total. The average Bonchev–Trinajstić information content (AvgIpc) is 3.15. The third-order valence-electron chi connectivity index (χ3n) is 5.77. The lowest BCUT2D eigenvalue weighted by Gasteiger charge is -2.16. The topological polar surface area (TPSA) is 125 Å². The van der Waals surface area contributed by atoms with Crippen LogP contribution in [0.1, 0.15) is 33.8 Å². The molecule has 1 aliphatic rings. The molecule has 0 spiro atoms. The Bertz CT molecular complexity index is 1230. The van der Waals surface area contributed by atoms with E-state index >= 15 is 0 Å². The van der Waals surface area contributed by atoms with E-state index in [4.69, 9.17) is 21.4 Å². The highest BCUT2D eigenvalue weighted by molar-refractivity contribution is 6.31. The number of halogens is 1. The van der Waals surface area contributed by atoms with Gasteiger partial charge in [-0.1, -0.05) is 60.1 Å². The number of fused-ring (bicyclic) bond motifs is 3. The van der Waals surface area contributed by atoms with Crippen molar-refractivity contribution in [1.82, 2.24) is 5.32 Å². The van der Waals surface area contributed by atoms with Crippen LogP contribution in [0.5, 0.6) is 0 Å². The Morgan fingerprint density at radius 3 is 2.20 bits per heavy atom. The first-order chi connectivity index (χ1) is 16.9. The average molecular weight is 495 g/mol. The van der Waals surface area contributed by atoms with E-state index in [1.54, 1.807) is 0 Å². The predicted molar refractivity (Wildman–Crippen MR) is 131 cm³/mol. The maximum atomic E-state index is 12.6. The molecule has 3 aromatic carbocycles. The predicted octanol–water partition coefficient (Wildman–Crippen LogP) is 4.27. The minimum Gasteiger partial charge on any atom is -0.480 e. The van der Waals surface area contributed by atoms with Crippen LogP contribution < -0.4 is 10.6 Å². The molecule has 2 amide bonds. The molecule has 4 rings (SSSR count). The maximum Gasteiger partial charge on any atom is 0.411 e. The molecule has 0 aromatic heterocycles. The van der Waals surface area contributed by atoms with Crippen LogP contribution in [0.2, 0.25) is 5.02 Å². The normalized spacial score (nSPS) is 12.9. The van der Waals surface area contributed by atoms with Crippen LogP contribution in [-0.2, 0) is 9.53 Å². The first-order valence-corrected chi connectivity index (χ1v) is 11.3. The third-order valence-corrected chi connectivity index (χ3v) is 5.99. The van der Waals surface area contributed by atoms with Gasteiger partial charge in [-0.15, -0.1) is 0 Å². The molecule has 0 saturated carbocycles. The van der Waals surface area contributed by atoms with E-state index in [0.29, 0.717) is 0 Å². The van der Waals surface area contributed by atoms with E-state index in [-0.39, 0.29) is 35.2 Å². The lowest BCUT2D eigenvalue weighted by Crippen LogP contribution is -2.41. The summed E-state index contributed by atoms with van der Waals surface area (Å²) in [5, 5.41) is 23.2. The number of ether oxygens (including phenoxy) is 1. The van der Waals surface area contributed by atoms with Gasteiger partial charge >= 0.3 is 12.1 Å². The molecule has 0 radical (unpaired) electrons. The summed E-state index contributed by atoms with van der Waals surface area (Å²) in [6.07, 6.45) is -0.865. The number of amides is 2. The summed E-state index contributed by atoms with van der Waals surface area (Å²) in [6.45, 7) is -0.281. The summed E-state index contributed by atoms with van der Waals surface area (Å²) in [6, 6.07) is 18.9. The Kier molecular flexibility index (Phi) is 7.33. The highest BCUT2D eigenvalue weighted by Crippen LogP contribution is 2.44. The number of carboxylic acid groups (broad SMARTS) is 1. The number of aliphatic hydroxyl groups excluding tert-OH is 1. The number of hydrogen-bond donors (Lipinski definition) is 4. The number of rotatable bonds is 8. The van der Waals surface area contributed by atoms with Gasteiger partial charge in [0.05, 0.1) is 0 Å². The largest absolute Gasteiger partial charge is 0.480 e. The SMILES string of the molecule is O=C(Nc1cc(Cl)cc(C(=O)N[C@H](CCO)C(=O)O)c1)OCC1c2ccccc2-c2ccccc21. The number of carbonyl (C=O) groups excluding carboxylic acids is 2. The van der Waals surface area contributed by atoms with Crippen LogP contribution in [0.25, 0.3) is 11.1 Å². The summed E-state index contributed by atoms with van der Waals surface area (Å²) in [5.74, 6) is -2.08. The molecule has 8 nitrogen and oxygen atoms in total. The second-order valence-electron chi connectivity index (χ2n) is 8.06. The Morgan fingerprint density at radius 1 is 0.971 bits per heavy atom. The van der Waals surface area contributed by atoms with E-state index in [0.717, 1.165) is 22.3 Å². The summed E-state index contributed by atoms with van der Waals surface area (Å²) in [5.41, 5.74) is 4.66. The van der Waals surface area contributed by atoms with Gasteiger partial charge in [-0.3, -0.25) is 10.1 Å². The molecular weight excluding hydrogens is 472 g/mol. The zero-order valence-electron chi connectivity index (χ0n) is 18.5. The van der Waals surface area contributed by atoms with Crippen molar-refractivity contribution in [3.05, 3.63) is 88.4 Å². The smallest absolute Gasteiger partial charge is 0.411 e. The van der Waals surface area contributed by atoms with E-state index in [1.807, 2.05) is 48.5 Å². The number of carboxylic acids is 1. The number of anilines is 1. The molecule has 0 fully saturated rings. The minimum atomic E-state index is -1.27. The van der Waals surface area contributed by atoms with E-state index in [2.05, 4.69) is 10.6 Å². The van der Waals surface area contributed by atoms with Crippen molar-refractivity contribution < 1.29 is 29.3 Å². The van der Waals surface area contributed by atoms with E-state index in [9.17, 15) is 19.5 Å². The summed E-state index contributed by atoms with van der Waals surface area (Å²) >= 11 is 6.10. The van der Waals surface area contributed by atoms with Crippen molar-refractivity contribution in [1.29, 1.82) is 0 Å². The van der Waals surface area contributed by atoms with Crippen molar-refractivity contribution >= 4 is 35.3 Å². The van der Waals surface area contributed by atoms with Crippen molar-refractivity contribution in [2.45, 2.75) is 18.4 Å². The van der Waals surface area contributed by atoms with Crippen LogP contribution >= 0.6 is 11.6 Å². The van der Waals surface area contributed by atoms with Gasteiger partial charge in [0, 0.05) is 35.2 Å². The second kappa shape index (κ2) is 10.6. The lowest BCUT2D eigenvalue weighted by atomic mass is 9.98. The fourth-order valence-corrected chi connectivity index (χ4v) is 4.41. The van der Waals surface area contributed by atoms with Crippen LogP contribution in [0.15, 0.2) is 66.7 Å². The number of benzene rings is 3. The molecule has 1 atom stereocenters. The number of hydrogen-bond acceptors (Lipinski definition) is 5. The first kappa shape index (κ1) is 24.3. The Balaban J connectivity index is 1.43. The Labute approximate surface area is 206 Å². The Hall–Kier alpha value is -3.88. The van der Waals surface area contributed by atoms with E-state index < -0.39 is 30.6 Å². The molecule has 0 saturated heterocycles. The van der Waals surface area contributed by atoms with Gasteiger partial charge in [0.15, 0.2) is 0 Å². The second-order valence-corrected chi connectivity index (χ2v) is 8.49. The quantitative estimate of drug-likeness (QED) is 0.370. The molecule has 0 heterocycles. The van der Waals surface area contributed by atoms with Gasteiger partial charge in [-0.05, 0) is 40.5 Å². The number of carbonyl (C=O) groups is 3. The van der Waals surface area contributed by atoms with Crippen molar-refractivity contribution in [2.75, 3.05) is 18.5 Å². The summed E-state index contributed by atoms with van der Waals surface area (Å²) in [4.78, 5) is 36.3. The fraction of sp³-hybridized carbons (Fsp3) is 0.192. The van der Waals surface area contributed by atoms with Gasteiger partial charge in [0.2, 0.25) is 0 Å². The molecule has 0 aliphatic heterocycles. The third kappa shape index (κ3) is 5.45. The summed E-state index contributed by atoms with van der Waals surface area (Å²) < 4.78 is 5.51. The molecule has 0 bridgehead atoms. The first-order valence-electron chi connectivity index (χ1n) is 10.9. The van der Waals surface area contributed by atoms with Gasteiger partial charge in [-0.2, -0.15) is 0 Å². The Morgan fingerprint density at radius 2 is 1.60 bits per heavy atom. The zero-order valence-corrected chi connectivity index (χ0v) is 19.3. The van der Waals surface area contributed by atoms with Gasteiger partial charge < -0.3 is 20.3 Å². The highest BCUT2D eigenvalue weighted by Gasteiger charge is 2.29. The molecule has 9 heteroatoms. The van der Waals surface area contributed by atoms with Crippen LogP contribution in [0.3, 0.4) is 0 Å². The molecule has 3 aromatic rings. The molecule has 35 heavy (non-hydrogen) atoms. The van der Waals surface area contributed by atoms with Crippen molar-refractivity contribution in [3.8, 4) is 11.1 Å². The monoisotopic (exact) mass is 494 g/mol. The van der Waals surface area contributed by atoms with Crippen LogP contribution in [0.4, 0.5) is 10.5 Å². The van der Waals surface area contributed by atoms with Gasteiger partial charge in [-0.25, -0.2) is 9.59 Å². The van der Waals surface area contributed by atoms with Crippen LogP contribution in [-0.4, -0.2) is 47.4 Å². The van der Waals surface area contributed by atoms with Gasteiger partial charge in [0.1, 0.15) is 12.6 Å². The number of nitrogens with one attached hydrogen (secondary N) is 2. The van der Waals surface area contributed by atoms with Crippen LogP contribution in [0, 0.1) is 0 Å².